The van der Waals surface area contributed by atoms with Crippen molar-refractivity contribution in [2.24, 2.45) is 5.92 Å². The van der Waals surface area contributed by atoms with Crippen molar-refractivity contribution >= 4 is 11.6 Å². The van der Waals surface area contributed by atoms with E-state index in [9.17, 15) is 4.79 Å². The van der Waals surface area contributed by atoms with Gasteiger partial charge in [0.2, 0.25) is 5.88 Å². The van der Waals surface area contributed by atoms with Gasteiger partial charge >= 0.3 is 0 Å². The number of nitrogens with zero attached hydrogens (tertiary/aromatic N) is 1. The molecule has 5 heteroatoms. The van der Waals surface area contributed by atoms with Gasteiger partial charge in [-0.05, 0) is 25.2 Å². The second kappa shape index (κ2) is 4.87. The Morgan fingerprint density at radius 2 is 2.25 bits per heavy atom. The first kappa shape index (κ1) is 11.5. The third kappa shape index (κ3) is 2.38. The zero-order valence-electron chi connectivity index (χ0n) is 9.20. The maximum Gasteiger partial charge on any atom is 0.273 e. The summed E-state index contributed by atoms with van der Waals surface area (Å²) in [6.07, 6.45) is 6.02. The first-order valence-electron chi connectivity index (χ1n) is 5.58. The molecule has 1 aliphatic rings. The van der Waals surface area contributed by atoms with E-state index in [-0.39, 0.29) is 22.6 Å². The molecule has 0 amide bonds. The monoisotopic (exact) mass is 242 g/mol. The summed E-state index contributed by atoms with van der Waals surface area (Å²) in [7, 11) is 0. The number of halogens is 1. The maximum absolute atomic E-state index is 11.3. The number of H-pyrrole nitrogens is 1. The first-order valence-corrected chi connectivity index (χ1v) is 5.96. The molecule has 0 bridgehead atoms. The molecule has 2 unspecified atom stereocenters. The van der Waals surface area contributed by atoms with E-state index in [4.69, 9.17) is 16.3 Å². The second-order valence-corrected chi connectivity index (χ2v) is 4.65. The maximum atomic E-state index is 11.3. The Kier molecular flexibility index (Phi) is 3.49. The highest BCUT2D eigenvalue weighted by molar-refractivity contribution is 6.31. The van der Waals surface area contributed by atoms with Crippen LogP contribution in [0.15, 0.2) is 11.1 Å². The molecule has 0 aromatic carbocycles. The highest BCUT2D eigenvalue weighted by Crippen LogP contribution is 2.28. The van der Waals surface area contributed by atoms with Gasteiger partial charge in [-0.3, -0.25) is 4.79 Å². The summed E-state index contributed by atoms with van der Waals surface area (Å²) in [4.78, 5) is 17.6. The zero-order chi connectivity index (χ0) is 11.5. The SMILES string of the molecule is CC1CCCCC1Oc1nc[nH]c(=O)c1Cl. The minimum absolute atomic E-state index is 0.0419. The van der Waals surface area contributed by atoms with Crippen LogP contribution in [0.1, 0.15) is 32.6 Å². The van der Waals surface area contributed by atoms with Crippen molar-refractivity contribution in [2.75, 3.05) is 0 Å². The van der Waals surface area contributed by atoms with Crippen LogP contribution in [0, 0.1) is 5.92 Å². The molecule has 0 radical (unpaired) electrons. The lowest BCUT2D eigenvalue weighted by Crippen LogP contribution is -2.29. The largest absolute Gasteiger partial charge is 0.473 e. The number of aromatic amines is 1. The van der Waals surface area contributed by atoms with E-state index in [1.807, 2.05) is 0 Å². The Morgan fingerprint density at radius 3 is 3.00 bits per heavy atom. The van der Waals surface area contributed by atoms with Crippen molar-refractivity contribution in [1.82, 2.24) is 9.97 Å². The number of nitrogens with one attached hydrogen (secondary N) is 1. The third-order valence-corrected chi connectivity index (χ3v) is 3.39. The Balaban J connectivity index is 2.14. The molecule has 2 rings (SSSR count). The molecule has 1 aromatic rings. The van der Waals surface area contributed by atoms with E-state index in [2.05, 4.69) is 16.9 Å². The number of rotatable bonds is 2. The van der Waals surface area contributed by atoms with Crippen LogP contribution in [0.25, 0.3) is 0 Å². The Labute approximate surface area is 99.0 Å². The van der Waals surface area contributed by atoms with Crippen LogP contribution >= 0.6 is 11.6 Å². The van der Waals surface area contributed by atoms with Gasteiger partial charge in [0, 0.05) is 0 Å². The van der Waals surface area contributed by atoms with Crippen LogP contribution in [0.4, 0.5) is 0 Å². The summed E-state index contributed by atoms with van der Waals surface area (Å²) >= 11 is 5.83. The van der Waals surface area contributed by atoms with Crippen LogP contribution in [0.3, 0.4) is 0 Å². The number of ether oxygens (including phenoxy) is 1. The van der Waals surface area contributed by atoms with Gasteiger partial charge in [-0.2, -0.15) is 0 Å². The average molecular weight is 243 g/mol. The average Bonchev–Trinajstić information content (AvgIpc) is 2.28. The Bertz CT molecular complexity index is 419. The molecule has 16 heavy (non-hydrogen) atoms. The fraction of sp³-hybridized carbons (Fsp3) is 0.636. The predicted octanol–water partition coefficient (Wildman–Crippen LogP) is 2.38. The van der Waals surface area contributed by atoms with Gasteiger partial charge in [0.15, 0.2) is 5.02 Å². The summed E-state index contributed by atoms with van der Waals surface area (Å²) in [5.74, 6) is 0.745. The predicted molar refractivity (Wildman–Crippen MR) is 61.9 cm³/mol. The Morgan fingerprint density at radius 1 is 1.50 bits per heavy atom. The summed E-state index contributed by atoms with van der Waals surface area (Å²) in [6.45, 7) is 2.16. The van der Waals surface area contributed by atoms with Gasteiger partial charge in [0.05, 0.1) is 6.33 Å². The first-order chi connectivity index (χ1) is 7.68. The van der Waals surface area contributed by atoms with Crippen LogP contribution < -0.4 is 10.3 Å². The third-order valence-electron chi connectivity index (χ3n) is 3.06. The van der Waals surface area contributed by atoms with Crippen molar-refractivity contribution in [3.8, 4) is 5.88 Å². The molecule has 1 heterocycles. The summed E-state index contributed by atoms with van der Waals surface area (Å²) in [6, 6.07) is 0. The van der Waals surface area contributed by atoms with E-state index in [1.165, 1.54) is 12.7 Å². The fourth-order valence-corrected chi connectivity index (χ4v) is 2.20. The van der Waals surface area contributed by atoms with E-state index < -0.39 is 0 Å². The van der Waals surface area contributed by atoms with Crippen LogP contribution in [-0.4, -0.2) is 16.1 Å². The van der Waals surface area contributed by atoms with E-state index in [0.29, 0.717) is 5.92 Å². The van der Waals surface area contributed by atoms with Gasteiger partial charge in [-0.25, -0.2) is 4.98 Å². The van der Waals surface area contributed by atoms with Crippen molar-refractivity contribution in [1.29, 1.82) is 0 Å². The van der Waals surface area contributed by atoms with Gasteiger partial charge < -0.3 is 9.72 Å². The molecular formula is C11H15ClN2O2. The standard InChI is InChI=1S/C11H15ClN2O2/c1-7-4-2-3-5-8(7)16-11-9(12)10(15)13-6-14-11/h6-8H,2-5H2,1H3,(H,13,14,15). The molecule has 1 saturated carbocycles. The lowest BCUT2D eigenvalue weighted by molar-refractivity contribution is 0.0974. The summed E-state index contributed by atoms with van der Waals surface area (Å²) in [5, 5.41) is 0.0419. The molecule has 1 aromatic heterocycles. The van der Waals surface area contributed by atoms with E-state index >= 15 is 0 Å². The molecule has 2 atom stereocenters. The molecule has 88 valence electrons. The van der Waals surface area contributed by atoms with E-state index in [0.717, 1.165) is 19.3 Å². The van der Waals surface area contributed by atoms with E-state index in [1.54, 1.807) is 0 Å². The van der Waals surface area contributed by atoms with Crippen molar-refractivity contribution in [3.05, 3.63) is 21.7 Å². The van der Waals surface area contributed by atoms with Crippen LogP contribution in [-0.2, 0) is 0 Å². The minimum Gasteiger partial charge on any atom is -0.473 e. The second-order valence-electron chi connectivity index (χ2n) is 4.27. The van der Waals surface area contributed by atoms with Gasteiger partial charge in [0.25, 0.3) is 5.56 Å². The minimum atomic E-state index is -0.352. The highest BCUT2D eigenvalue weighted by atomic mass is 35.5. The van der Waals surface area contributed by atoms with Crippen LogP contribution in [0.2, 0.25) is 5.02 Å². The smallest absolute Gasteiger partial charge is 0.273 e. The molecule has 1 fully saturated rings. The van der Waals surface area contributed by atoms with Crippen molar-refractivity contribution < 1.29 is 4.74 Å². The van der Waals surface area contributed by atoms with Gasteiger partial charge in [-0.15, -0.1) is 0 Å². The highest BCUT2D eigenvalue weighted by Gasteiger charge is 2.24. The van der Waals surface area contributed by atoms with Crippen molar-refractivity contribution in [2.45, 2.75) is 38.7 Å². The molecule has 1 aliphatic carbocycles. The van der Waals surface area contributed by atoms with Crippen molar-refractivity contribution in [3.63, 3.8) is 0 Å². The Hall–Kier alpha value is -1.03. The molecule has 0 aliphatic heterocycles. The van der Waals surface area contributed by atoms with Gasteiger partial charge in [-0.1, -0.05) is 24.9 Å². The summed E-state index contributed by atoms with van der Waals surface area (Å²) < 4.78 is 5.72. The van der Waals surface area contributed by atoms with Crippen LogP contribution in [0.5, 0.6) is 5.88 Å². The van der Waals surface area contributed by atoms with Gasteiger partial charge in [0.1, 0.15) is 6.10 Å². The summed E-state index contributed by atoms with van der Waals surface area (Å²) in [5.41, 5.74) is -0.352. The lowest BCUT2D eigenvalue weighted by atomic mass is 9.88. The molecule has 4 nitrogen and oxygen atoms in total. The fourth-order valence-electron chi connectivity index (χ4n) is 2.05. The quantitative estimate of drug-likeness (QED) is 0.866. The molecule has 1 N–H and O–H groups in total. The molecular weight excluding hydrogens is 228 g/mol. The zero-order valence-corrected chi connectivity index (χ0v) is 9.96. The molecule has 0 spiro atoms. The lowest BCUT2D eigenvalue weighted by Gasteiger charge is -2.28. The molecule has 0 saturated heterocycles. The normalized spacial score (nSPS) is 25.4. The topological polar surface area (TPSA) is 55.0 Å². The number of aromatic nitrogens is 2. The number of hydrogen-bond donors (Lipinski definition) is 1. The number of hydrogen-bond acceptors (Lipinski definition) is 3.